The molecule has 1 heterocycles. The highest BCUT2D eigenvalue weighted by Gasteiger charge is 2.05. The predicted octanol–water partition coefficient (Wildman–Crippen LogP) is 2.38. The molecule has 1 rings (SSSR count). The van der Waals surface area contributed by atoms with Gasteiger partial charge < -0.3 is 0 Å². The van der Waals surface area contributed by atoms with Crippen molar-refractivity contribution in [3.8, 4) is 0 Å². The Hall–Kier alpha value is -1.18. The molecule has 0 saturated carbocycles. The number of rotatable bonds is 1. The third kappa shape index (κ3) is 1.91. The lowest BCUT2D eigenvalue weighted by Crippen LogP contribution is -2.05. The molecule has 1 aliphatic rings. The first-order valence-corrected chi connectivity index (χ1v) is 4.18. The van der Waals surface area contributed by atoms with Gasteiger partial charge in [0.15, 0.2) is 0 Å². The molecule has 64 valence electrons. The molecule has 0 aromatic carbocycles. The number of dihydropyridines is 1. The van der Waals surface area contributed by atoms with Crippen LogP contribution in [0.15, 0.2) is 33.9 Å². The van der Waals surface area contributed by atoms with Crippen LogP contribution in [0.4, 0.5) is 0 Å². The fourth-order valence-corrected chi connectivity index (χ4v) is 1.10. The largest absolute Gasteiger partial charge is 0.286 e. The molecule has 0 aromatic rings. The van der Waals surface area contributed by atoms with E-state index in [0.717, 1.165) is 23.5 Å². The van der Waals surface area contributed by atoms with Crippen molar-refractivity contribution in [1.82, 2.24) is 0 Å². The Labute approximate surface area is 73.4 Å². The fourth-order valence-electron chi connectivity index (χ4n) is 1.10. The monoisotopic (exact) mass is 162 g/mol. The normalized spacial score (nSPS) is 23.4. The molecule has 0 N–H and O–H groups in total. The smallest absolute Gasteiger partial charge is 0.0844 e. The summed E-state index contributed by atoms with van der Waals surface area (Å²) in [5.41, 5.74) is 3.02. The maximum Gasteiger partial charge on any atom is 0.0844 e. The Morgan fingerprint density at radius 2 is 2.25 bits per heavy atom. The molecule has 2 nitrogen and oxygen atoms in total. The first kappa shape index (κ1) is 8.91. The Morgan fingerprint density at radius 3 is 2.83 bits per heavy atom. The summed E-state index contributed by atoms with van der Waals surface area (Å²) >= 11 is 0. The van der Waals surface area contributed by atoms with Gasteiger partial charge in [0.1, 0.15) is 0 Å². The summed E-state index contributed by atoms with van der Waals surface area (Å²) in [5, 5.41) is 0. The minimum absolute atomic E-state index is 0.974. The Balaban J connectivity index is 2.98. The Morgan fingerprint density at radius 1 is 1.50 bits per heavy atom. The second-order valence-electron chi connectivity index (χ2n) is 2.69. The van der Waals surface area contributed by atoms with E-state index in [0.29, 0.717) is 0 Å². The molecular formula is C10H14N2. The summed E-state index contributed by atoms with van der Waals surface area (Å²) in [6.07, 6.45) is 7.08. The molecule has 0 atom stereocenters. The first-order chi connectivity index (χ1) is 5.77. The lowest BCUT2D eigenvalue weighted by Gasteiger charge is -2.07. The van der Waals surface area contributed by atoms with E-state index in [-0.39, 0.29) is 0 Å². The zero-order chi connectivity index (χ0) is 8.97. The number of allylic oxidation sites excluding steroid dienone is 3. The fraction of sp³-hybridized carbons (Fsp3) is 0.400. The van der Waals surface area contributed by atoms with Crippen LogP contribution in [-0.4, -0.2) is 18.5 Å². The highest BCUT2D eigenvalue weighted by molar-refractivity contribution is 6.15. The van der Waals surface area contributed by atoms with Crippen molar-refractivity contribution in [2.75, 3.05) is 7.05 Å². The van der Waals surface area contributed by atoms with Crippen molar-refractivity contribution in [1.29, 1.82) is 0 Å². The third-order valence-electron chi connectivity index (χ3n) is 1.68. The van der Waals surface area contributed by atoms with E-state index < -0.39 is 0 Å². The van der Waals surface area contributed by atoms with Gasteiger partial charge >= 0.3 is 0 Å². The van der Waals surface area contributed by atoms with Gasteiger partial charge in [-0.05, 0) is 25.5 Å². The zero-order valence-electron chi connectivity index (χ0n) is 7.83. The van der Waals surface area contributed by atoms with Crippen LogP contribution < -0.4 is 0 Å². The van der Waals surface area contributed by atoms with Crippen LogP contribution in [0, 0.1) is 0 Å². The molecule has 0 spiro atoms. The van der Waals surface area contributed by atoms with Gasteiger partial charge in [-0.3, -0.25) is 9.98 Å². The van der Waals surface area contributed by atoms with Crippen LogP contribution in [-0.2, 0) is 0 Å². The van der Waals surface area contributed by atoms with Gasteiger partial charge in [0, 0.05) is 12.8 Å². The van der Waals surface area contributed by atoms with Gasteiger partial charge in [-0.15, -0.1) is 0 Å². The minimum Gasteiger partial charge on any atom is -0.286 e. The SMILES string of the molecule is CC/C=C1/N=C(C)C=C/C1=N/C. The summed E-state index contributed by atoms with van der Waals surface area (Å²) < 4.78 is 0. The van der Waals surface area contributed by atoms with Gasteiger partial charge in [0.05, 0.1) is 11.4 Å². The maximum atomic E-state index is 4.38. The van der Waals surface area contributed by atoms with Gasteiger partial charge in [-0.1, -0.05) is 13.0 Å². The molecule has 2 heteroatoms. The van der Waals surface area contributed by atoms with Crippen molar-refractivity contribution < 1.29 is 0 Å². The lowest BCUT2D eigenvalue weighted by molar-refractivity contribution is 1.19. The van der Waals surface area contributed by atoms with E-state index in [1.165, 1.54) is 0 Å². The molecule has 0 unspecified atom stereocenters. The quantitative estimate of drug-likeness (QED) is 0.565. The topological polar surface area (TPSA) is 24.7 Å². The van der Waals surface area contributed by atoms with Crippen LogP contribution in [0.3, 0.4) is 0 Å². The van der Waals surface area contributed by atoms with E-state index in [9.17, 15) is 0 Å². The van der Waals surface area contributed by atoms with Crippen LogP contribution in [0.5, 0.6) is 0 Å². The maximum absolute atomic E-state index is 4.38. The van der Waals surface area contributed by atoms with Crippen molar-refractivity contribution in [3.63, 3.8) is 0 Å². The molecule has 0 amide bonds. The van der Waals surface area contributed by atoms with E-state index in [2.05, 4.69) is 23.0 Å². The first-order valence-electron chi connectivity index (χ1n) is 4.18. The number of hydrogen-bond acceptors (Lipinski definition) is 2. The van der Waals surface area contributed by atoms with E-state index in [1.807, 2.05) is 19.1 Å². The molecule has 12 heavy (non-hydrogen) atoms. The van der Waals surface area contributed by atoms with Crippen LogP contribution >= 0.6 is 0 Å². The third-order valence-corrected chi connectivity index (χ3v) is 1.68. The van der Waals surface area contributed by atoms with E-state index in [4.69, 9.17) is 0 Å². The van der Waals surface area contributed by atoms with Crippen molar-refractivity contribution in [2.24, 2.45) is 9.98 Å². The van der Waals surface area contributed by atoms with Gasteiger partial charge in [-0.2, -0.15) is 0 Å². The van der Waals surface area contributed by atoms with Crippen LogP contribution in [0.1, 0.15) is 20.3 Å². The highest BCUT2D eigenvalue weighted by Crippen LogP contribution is 2.09. The summed E-state index contributed by atoms with van der Waals surface area (Å²) in [6.45, 7) is 4.09. The lowest BCUT2D eigenvalue weighted by atomic mass is 10.1. The molecule has 0 aromatic heterocycles. The van der Waals surface area contributed by atoms with Crippen molar-refractivity contribution in [2.45, 2.75) is 20.3 Å². The molecule has 0 aliphatic carbocycles. The molecule has 0 saturated heterocycles. The Kier molecular flexibility index (Phi) is 2.97. The van der Waals surface area contributed by atoms with Crippen molar-refractivity contribution >= 4 is 11.4 Å². The van der Waals surface area contributed by atoms with E-state index >= 15 is 0 Å². The van der Waals surface area contributed by atoms with Crippen LogP contribution in [0.2, 0.25) is 0 Å². The van der Waals surface area contributed by atoms with Gasteiger partial charge in [-0.25, -0.2) is 0 Å². The summed E-state index contributed by atoms with van der Waals surface area (Å²) in [6, 6.07) is 0. The number of nitrogens with zero attached hydrogens (tertiary/aromatic N) is 2. The molecule has 0 fully saturated rings. The predicted molar refractivity (Wildman–Crippen MR) is 54.0 cm³/mol. The highest BCUT2D eigenvalue weighted by atomic mass is 14.8. The van der Waals surface area contributed by atoms with Crippen LogP contribution in [0.25, 0.3) is 0 Å². The zero-order valence-corrected chi connectivity index (χ0v) is 7.83. The summed E-state index contributed by atoms with van der Waals surface area (Å²) in [4.78, 5) is 8.52. The average molecular weight is 162 g/mol. The van der Waals surface area contributed by atoms with Gasteiger partial charge in [0.2, 0.25) is 0 Å². The van der Waals surface area contributed by atoms with E-state index in [1.54, 1.807) is 7.05 Å². The molecular weight excluding hydrogens is 148 g/mol. The number of aliphatic imine (C=N–C) groups is 2. The second kappa shape index (κ2) is 4.00. The summed E-state index contributed by atoms with van der Waals surface area (Å²) in [5.74, 6) is 0. The second-order valence-corrected chi connectivity index (χ2v) is 2.69. The Bertz CT molecular complexity index is 280. The molecule has 0 radical (unpaired) electrons. The van der Waals surface area contributed by atoms with Gasteiger partial charge in [0.25, 0.3) is 0 Å². The standard InChI is InChI=1S/C10H14N2/c1-4-5-10-9(11-3)7-6-8(2)12-10/h5-7H,4H2,1-3H3/b10-5+,11-9-. The minimum atomic E-state index is 0.974. The van der Waals surface area contributed by atoms with Crippen molar-refractivity contribution in [3.05, 3.63) is 23.9 Å². The average Bonchev–Trinajstić information content (AvgIpc) is 2.05. The summed E-state index contributed by atoms with van der Waals surface area (Å²) in [7, 11) is 1.79. The molecule has 0 bridgehead atoms. The molecule has 1 aliphatic heterocycles. The number of hydrogen-bond donors (Lipinski definition) is 0.